The van der Waals surface area contributed by atoms with Crippen molar-refractivity contribution in [3.05, 3.63) is 29.3 Å². The average molecular weight is 274 g/mol. The fraction of sp³-hybridized carbons (Fsp3) is 0.562. The van der Waals surface area contributed by atoms with Crippen molar-refractivity contribution in [2.45, 2.75) is 19.8 Å². The number of nitrogens with zero attached hydrogens (tertiary/aromatic N) is 1. The van der Waals surface area contributed by atoms with Crippen LogP contribution in [-0.4, -0.2) is 43.7 Å². The summed E-state index contributed by atoms with van der Waals surface area (Å²) in [5, 5.41) is 3.33. The van der Waals surface area contributed by atoms with Crippen LogP contribution < -0.4 is 5.32 Å². The second-order valence-corrected chi connectivity index (χ2v) is 5.62. The molecule has 0 saturated carbocycles. The number of rotatable bonds is 4. The summed E-state index contributed by atoms with van der Waals surface area (Å²) in [5.41, 5.74) is 3.25. The normalized spacial score (nSPS) is 20.6. The van der Waals surface area contributed by atoms with Crippen LogP contribution in [0, 0.1) is 5.92 Å². The molecule has 0 aliphatic carbocycles. The van der Waals surface area contributed by atoms with Gasteiger partial charge >= 0.3 is 0 Å². The van der Waals surface area contributed by atoms with Crippen LogP contribution in [0.2, 0.25) is 0 Å². The fourth-order valence-electron chi connectivity index (χ4n) is 3.02. The molecule has 108 valence electrons. The van der Waals surface area contributed by atoms with Gasteiger partial charge in [-0.2, -0.15) is 0 Å². The largest absolute Gasteiger partial charge is 0.384 e. The Kier molecular flexibility index (Phi) is 3.92. The van der Waals surface area contributed by atoms with E-state index in [1.165, 1.54) is 11.3 Å². The van der Waals surface area contributed by atoms with Gasteiger partial charge in [0.15, 0.2) is 0 Å². The van der Waals surface area contributed by atoms with Gasteiger partial charge in [-0.25, -0.2) is 0 Å². The van der Waals surface area contributed by atoms with Gasteiger partial charge in [-0.15, -0.1) is 0 Å². The lowest BCUT2D eigenvalue weighted by Crippen LogP contribution is -2.35. The standard InChI is InChI=1S/C16H22N2O2/c1-2-18(10-12-6-8-20-11-12)16(19)14-3-4-15-13(9-14)5-7-17-15/h3-4,9,12,17H,2,5-8,10-11H2,1H3/t12-/m1/s1. The Labute approximate surface area is 120 Å². The lowest BCUT2D eigenvalue weighted by atomic mass is 10.1. The van der Waals surface area contributed by atoms with Crippen molar-refractivity contribution in [2.75, 3.05) is 38.2 Å². The highest BCUT2D eigenvalue weighted by molar-refractivity contribution is 5.95. The third-order valence-corrected chi connectivity index (χ3v) is 4.23. The molecule has 1 atom stereocenters. The lowest BCUT2D eigenvalue weighted by molar-refractivity contribution is 0.0731. The first-order chi connectivity index (χ1) is 9.78. The van der Waals surface area contributed by atoms with Gasteiger partial charge in [0.05, 0.1) is 6.61 Å². The van der Waals surface area contributed by atoms with E-state index in [0.29, 0.717) is 5.92 Å². The number of fused-ring (bicyclic) bond motifs is 1. The summed E-state index contributed by atoms with van der Waals surface area (Å²) in [6.45, 7) is 6.21. The SMILES string of the molecule is CCN(C[C@H]1CCOC1)C(=O)c1ccc2c(c1)CCN2. The van der Waals surface area contributed by atoms with E-state index in [1.54, 1.807) is 0 Å². The summed E-state index contributed by atoms with van der Waals surface area (Å²) >= 11 is 0. The third kappa shape index (κ3) is 2.66. The highest BCUT2D eigenvalue weighted by Gasteiger charge is 2.23. The maximum atomic E-state index is 12.6. The second-order valence-electron chi connectivity index (χ2n) is 5.62. The molecule has 4 heteroatoms. The van der Waals surface area contributed by atoms with E-state index < -0.39 is 0 Å². The number of nitrogens with one attached hydrogen (secondary N) is 1. The van der Waals surface area contributed by atoms with Crippen LogP contribution in [0.3, 0.4) is 0 Å². The molecule has 1 fully saturated rings. The summed E-state index contributed by atoms with van der Waals surface area (Å²) in [6.07, 6.45) is 2.08. The van der Waals surface area contributed by atoms with Crippen molar-refractivity contribution in [3.8, 4) is 0 Å². The quantitative estimate of drug-likeness (QED) is 0.914. The average Bonchev–Trinajstić information content (AvgIpc) is 3.14. The summed E-state index contributed by atoms with van der Waals surface area (Å²) in [7, 11) is 0. The molecule has 3 rings (SSSR count). The van der Waals surface area contributed by atoms with Crippen LogP contribution in [0.25, 0.3) is 0 Å². The van der Waals surface area contributed by atoms with Gasteiger partial charge in [-0.05, 0) is 43.5 Å². The summed E-state index contributed by atoms with van der Waals surface area (Å²) in [6, 6.07) is 6.01. The van der Waals surface area contributed by atoms with Gasteiger partial charge in [0.25, 0.3) is 5.91 Å². The molecule has 0 radical (unpaired) electrons. The molecule has 0 bridgehead atoms. The molecule has 1 amide bonds. The Morgan fingerprint density at radius 2 is 2.40 bits per heavy atom. The van der Waals surface area contributed by atoms with Gasteiger partial charge in [0.1, 0.15) is 0 Å². The minimum atomic E-state index is 0.147. The maximum Gasteiger partial charge on any atom is 0.253 e. The zero-order valence-corrected chi connectivity index (χ0v) is 12.0. The lowest BCUT2D eigenvalue weighted by Gasteiger charge is -2.24. The number of ether oxygens (including phenoxy) is 1. The molecule has 2 aliphatic heterocycles. The minimum Gasteiger partial charge on any atom is -0.384 e. The van der Waals surface area contributed by atoms with Gasteiger partial charge in [0, 0.05) is 43.4 Å². The zero-order chi connectivity index (χ0) is 13.9. The Hall–Kier alpha value is -1.55. The number of anilines is 1. The van der Waals surface area contributed by atoms with Crippen LogP contribution in [0.4, 0.5) is 5.69 Å². The van der Waals surface area contributed by atoms with E-state index in [4.69, 9.17) is 4.74 Å². The van der Waals surface area contributed by atoms with Crippen molar-refractivity contribution < 1.29 is 9.53 Å². The van der Waals surface area contributed by atoms with E-state index >= 15 is 0 Å². The molecule has 20 heavy (non-hydrogen) atoms. The van der Waals surface area contributed by atoms with Crippen LogP contribution in [0.5, 0.6) is 0 Å². The number of hydrogen-bond acceptors (Lipinski definition) is 3. The van der Waals surface area contributed by atoms with Crippen LogP contribution in [0.15, 0.2) is 18.2 Å². The number of carbonyl (C=O) groups excluding carboxylic acids is 1. The molecule has 2 aliphatic rings. The molecule has 1 aromatic rings. The zero-order valence-electron chi connectivity index (χ0n) is 12.0. The van der Waals surface area contributed by atoms with Gasteiger partial charge in [-0.3, -0.25) is 4.79 Å². The van der Waals surface area contributed by atoms with E-state index in [2.05, 4.69) is 5.32 Å². The fourth-order valence-corrected chi connectivity index (χ4v) is 3.02. The Bertz CT molecular complexity index is 495. The monoisotopic (exact) mass is 274 g/mol. The first-order valence-electron chi connectivity index (χ1n) is 7.51. The molecule has 1 saturated heterocycles. The van der Waals surface area contributed by atoms with Crippen LogP contribution >= 0.6 is 0 Å². The molecular weight excluding hydrogens is 252 g/mol. The van der Waals surface area contributed by atoms with Crippen molar-refractivity contribution >= 4 is 11.6 Å². The molecule has 2 heterocycles. The first-order valence-corrected chi connectivity index (χ1v) is 7.51. The van der Waals surface area contributed by atoms with Crippen molar-refractivity contribution in [1.82, 2.24) is 4.90 Å². The van der Waals surface area contributed by atoms with Crippen molar-refractivity contribution in [1.29, 1.82) is 0 Å². The number of benzene rings is 1. The summed E-state index contributed by atoms with van der Waals surface area (Å²) in [5.74, 6) is 0.643. The van der Waals surface area contributed by atoms with E-state index in [1.807, 2.05) is 30.0 Å². The summed E-state index contributed by atoms with van der Waals surface area (Å²) < 4.78 is 5.40. The van der Waals surface area contributed by atoms with Crippen LogP contribution in [-0.2, 0) is 11.2 Å². The number of carbonyl (C=O) groups is 1. The minimum absolute atomic E-state index is 0.147. The van der Waals surface area contributed by atoms with Gasteiger partial charge in [-0.1, -0.05) is 0 Å². The highest BCUT2D eigenvalue weighted by atomic mass is 16.5. The Morgan fingerprint density at radius 3 is 3.15 bits per heavy atom. The van der Waals surface area contributed by atoms with Crippen molar-refractivity contribution in [3.63, 3.8) is 0 Å². The smallest absolute Gasteiger partial charge is 0.253 e. The van der Waals surface area contributed by atoms with E-state index in [9.17, 15) is 4.79 Å². The highest BCUT2D eigenvalue weighted by Crippen LogP contribution is 2.24. The van der Waals surface area contributed by atoms with E-state index in [-0.39, 0.29) is 5.91 Å². The molecule has 1 N–H and O–H groups in total. The summed E-state index contributed by atoms with van der Waals surface area (Å²) in [4.78, 5) is 14.6. The number of hydrogen-bond donors (Lipinski definition) is 1. The second kappa shape index (κ2) is 5.83. The molecular formula is C16H22N2O2. The maximum absolute atomic E-state index is 12.6. The molecule has 0 aromatic heterocycles. The Morgan fingerprint density at radius 1 is 1.50 bits per heavy atom. The van der Waals surface area contributed by atoms with Gasteiger partial charge in [0.2, 0.25) is 0 Å². The predicted octanol–water partition coefficient (Wildman–Crippen LogP) is 2.15. The topological polar surface area (TPSA) is 41.6 Å². The first kappa shape index (κ1) is 13.4. The Balaban J connectivity index is 1.72. The molecule has 4 nitrogen and oxygen atoms in total. The number of amides is 1. The predicted molar refractivity (Wildman–Crippen MR) is 79.1 cm³/mol. The van der Waals surface area contributed by atoms with Crippen molar-refractivity contribution in [2.24, 2.45) is 5.92 Å². The van der Waals surface area contributed by atoms with Crippen LogP contribution in [0.1, 0.15) is 29.3 Å². The van der Waals surface area contributed by atoms with E-state index in [0.717, 1.165) is 51.3 Å². The molecule has 1 aromatic carbocycles. The molecule has 0 unspecified atom stereocenters. The third-order valence-electron chi connectivity index (χ3n) is 4.23. The van der Waals surface area contributed by atoms with Gasteiger partial charge < -0.3 is 15.0 Å². The molecule has 0 spiro atoms.